The molecule has 21 heteroatoms. The number of fused-ring (bicyclic) bond motifs is 6. The van der Waals surface area contributed by atoms with E-state index in [1.165, 1.54) is 21.2 Å². The van der Waals surface area contributed by atoms with Crippen LogP contribution in [0, 0.1) is 17.3 Å². The molecule has 0 unspecified atom stereocenters. The van der Waals surface area contributed by atoms with Crippen molar-refractivity contribution in [2.24, 2.45) is 17.3 Å². The first-order chi connectivity index (χ1) is 31.0. The van der Waals surface area contributed by atoms with E-state index in [1.54, 1.807) is 20.4 Å². The molecular formula is C49H79N9O6S6. The number of ether oxygens (including phenoxy) is 2. The second kappa shape index (κ2) is 27.2. The number of methoxy groups -OCH3 is 1. The summed E-state index contributed by atoms with van der Waals surface area (Å²) < 4.78 is 14.3. The Labute approximate surface area is 454 Å². The number of pyridine rings is 1. The van der Waals surface area contributed by atoms with Crippen LogP contribution in [0.4, 0.5) is 4.79 Å². The number of cyclic esters (lactones) is 1. The van der Waals surface area contributed by atoms with Crippen molar-refractivity contribution in [1.82, 2.24) is 45.0 Å². The number of nitrogens with zero attached hydrogens (tertiary/aromatic N) is 7. The smallest absolute Gasteiger partial charge is 0.324 e. The van der Waals surface area contributed by atoms with Gasteiger partial charge in [0, 0.05) is 92.3 Å². The Morgan fingerprint density at radius 1 is 1.03 bits per heavy atom. The molecule has 6 bridgehead atoms. The topological polar surface area (TPSA) is 154 Å². The molecule has 3 aliphatic rings. The molecule has 3 aromatic heterocycles. The number of hydrogen-bond donors (Lipinski definition) is 2. The zero-order valence-corrected chi connectivity index (χ0v) is 48.3. The van der Waals surface area contributed by atoms with E-state index in [0.717, 1.165) is 64.1 Å². The van der Waals surface area contributed by atoms with E-state index in [4.69, 9.17) is 19.4 Å². The fourth-order valence-corrected chi connectivity index (χ4v) is 10.8. The molecule has 5 atom stereocenters. The Bertz CT molecular complexity index is 2380. The largest absolute Gasteiger partial charge is 0.464 e. The summed E-state index contributed by atoms with van der Waals surface area (Å²) in [6.45, 7) is 15.5. The van der Waals surface area contributed by atoms with E-state index in [2.05, 4.69) is 65.2 Å². The number of esters is 1. The summed E-state index contributed by atoms with van der Waals surface area (Å²) in [5, 5.41) is 8.27. The van der Waals surface area contributed by atoms with Crippen molar-refractivity contribution in [1.29, 1.82) is 0 Å². The van der Waals surface area contributed by atoms with Gasteiger partial charge in [0.25, 0.3) is 5.91 Å². The Morgan fingerprint density at radius 2 is 1.74 bits per heavy atom. The van der Waals surface area contributed by atoms with Gasteiger partial charge >= 0.3 is 12.0 Å². The number of benzene rings is 1. The van der Waals surface area contributed by atoms with Gasteiger partial charge < -0.3 is 34.1 Å². The fourth-order valence-electron chi connectivity index (χ4n) is 9.99. The van der Waals surface area contributed by atoms with Gasteiger partial charge in [0.05, 0.1) is 34.8 Å². The number of thiazole rings is 1. The zero-order valence-electron chi connectivity index (χ0n) is 42.5. The normalized spacial score (nSPS) is 20.0. The van der Waals surface area contributed by atoms with Crippen molar-refractivity contribution < 1.29 is 28.7 Å². The summed E-state index contributed by atoms with van der Waals surface area (Å²) in [4.78, 5) is 72.6. The van der Waals surface area contributed by atoms with Crippen molar-refractivity contribution in [2.75, 3.05) is 61.0 Å². The first-order valence-electron chi connectivity index (χ1n) is 23.3. The molecule has 4 amide bonds. The van der Waals surface area contributed by atoms with Gasteiger partial charge in [0.15, 0.2) is 0 Å². The van der Waals surface area contributed by atoms with Crippen molar-refractivity contribution >= 4 is 114 Å². The maximum absolute atomic E-state index is 14.7. The number of likely N-dealkylation sites (tertiary alicyclic amines) is 1. The van der Waals surface area contributed by atoms with Crippen molar-refractivity contribution in [3.63, 3.8) is 0 Å². The number of urea groups is 1. The minimum absolute atomic E-state index is 0. The van der Waals surface area contributed by atoms with Crippen LogP contribution in [0.25, 0.3) is 33.4 Å². The summed E-state index contributed by atoms with van der Waals surface area (Å²) in [5.74, 6) is -1.14. The molecule has 70 heavy (non-hydrogen) atoms. The van der Waals surface area contributed by atoms with Gasteiger partial charge in [-0.3, -0.25) is 24.4 Å². The third-order valence-corrected chi connectivity index (χ3v) is 14.1. The van der Waals surface area contributed by atoms with Crippen LogP contribution >= 0.6 is 78.8 Å². The Kier molecular flexibility index (Phi) is 24.5. The Hall–Kier alpha value is -3.15. The number of amides is 4. The molecule has 3 aliphatic heterocycles. The SMILES string of the molecule is CCn1c(-c2cccnc2[C@H](C)OC)c2c3cc(ccc31)-c1csc(n1)C[C@H](NC(=O)[C@H](C(C)C)N(C)C(=O)N1CCC[C@@H](CN(C)C)C1)C(=O)N1CCC[C@H](N1)C(=O)OCC(C)(C)C2.S.S.S.S.S. The highest BCUT2D eigenvalue weighted by molar-refractivity contribution is 7.60. The van der Waals surface area contributed by atoms with Crippen LogP contribution in [0.1, 0.15) is 89.6 Å². The first kappa shape index (κ1) is 63.0. The molecule has 0 spiro atoms. The number of carbonyl (C=O) groups is 4. The van der Waals surface area contributed by atoms with Crippen LogP contribution in [-0.2, 0) is 43.2 Å². The molecule has 1 aromatic carbocycles. The van der Waals surface area contributed by atoms with Crippen LogP contribution < -0.4 is 10.7 Å². The van der Waals surface area contributed by atoms with Gasteiger partial charge in [-0.15, -0.1) is 11.3 Å². The second-order valence-electron chi connectivity index (χ2n) is 19.6. The molecule has 0 radical (unpaired) electrons. The zero-order chi connectivity index (χ0) is 46.7. The molecule has 2 N–H and O–H groups in total. The lowest BCUT2D eigenvalue weighted by Crippen LogP contribution is -2.62. The lowest BCUT2D eigenvalue weighted by atomic mass is 9.84. The molecule has 0 saturated carbocycles. The Balaban J connectivity index is 0.00000336. The van der Waals surface area contributed by atoms with Gasteiger partial charge in [-0.1, -0.05) is 33.8 Å². The molecular weight excluding hydrogens is 1000 g/mol. The number of aryl methyl sites for hydroxylation is 1. The number of aromatic nitrogens is 3. The number of carbonyl (C=O) groups excluding carboxylic acids is 4. The van der Waals surface area contributed by atoms with Crippen molar-refractivity contribution in [3.8, 4) is 22.5 Å². The second-order valence-corrected chi connectivity index (χ2v) is 20.5. The molecule has 15 nitrogen and oxygen atoms in total. The van der Waals surface area contributed by atoms with E-state index >= 15 is 0 Å². The molecule has 4 aromatic rings. The first-order valence-corrected chi connectivity index (χ1v) is 24.2. The number of hydrogen-bond acceptors (Lipinski definition) is 11. The minimum atomic E-state index is -1.04. The van der Waals surface area contributed by atoms with Gasteiger partial charge in [0.2, 0.25) is 5.91 Å². The van der Waals surface area contributed by atoms with Crippen LogP contribution in [0.3, 0.4) is 0 Å². The lowest BCUT2D eigenvalue weighted by Gasteiger charge is -2.39. The van der Waals surface area contributed by atoms with Crippen molar-refractivity contribution in [2.45, 2.75) is 111 Å². The third kappa shape index (κ3) is 14.1. The molecule has 2 fully saturated rings. The summed E-state index contributed by atoms with van der Waals surface area (Å²) in [6, 6.07) is 7.65. The number of piperidine rings is 1. The maximum Gasteiger partial charge on any atom is 0.324 e. The van der Waals surface area contributed by atoms with E-state index in [1.807, 2.05) is 51.2 Å². The predicted octanol–water partition coefficient (Wildman–Crippen LogP) is 7.12. The van der Waals surface area contributed by atoms with Crippen LogP contribution in [0.5, 0.6) is 0 Å². The van der Waals surface area contributed by atoms with E-state index in [9.17, 15) is 19.2 Å². The Morgan fingerprint density at radius 3 is 2.41 bits per heavy atom. The number of nitrogens with one attached hydrogen (secondary N) is 2. The maximum atomic E-state index is 14.7. The highest BCUT2D eigenvalue weighted by Crippen LogP contribution is 2.42. The van der Waals surface area contributed by atoms with Gasteiger partial charge in [-0.25, -0.2) is 15.2 Å². The summed E-state index contributed by atoms with van der Waals surface area (Å²) in [6.07, 6.45) is 5.26. The average Bonchev–Trinajstić information content (AvgIpc) is 3.88. The average molecular weight is 1080 g/mol. The molecule has 6 heterocycles. The van der Waals surface area contributed by atoms with Crippen LogP contribution in [0.2, 0.25) is 0 Å². The van der Waals surface area contributed by atoms with E-state index in [-0.39, 0.29) is 104 Å². The van der Waals surface area contributed by atoms with Crippen molar-refractivity contribution in [3.05, 3.63) is 58.2 Å². The molecule has 2 saturated heterocycles. The van der Waals surface area contributed by atoms with Gasteiger partial charge in [-0.05, 0) is 102 Å². The monoisotopic (exact) mass is 1080 g/mol. The quantitative estimate of drug-likeness (QED) is 0.157. The van der Waals surface area contributed by atoms with Gasteiger partial charge in [0.1, 0.15) is 18.1 Å². The fraction of sp³-hybridized carbons (Fsp3) is 0.592. The number of hydrazine groups is 1. The molecule has 7 rings (SSSR count). The molecule has 0 aliphatic carbocycles. The molecule has 392 valence electrons. The lowest BCUT2D eigenvalue weighted by molar-refractivity contribution is -0.155. The predicted molar refractivity (Wildman–Crippen MR) is 306 cm³/mol. The summed E-state index contributed by atoms with van der Waals surface area (Å²) in [7, 11) is 7.46. The standard InChI is InChI=1S/C49H69N9O6S.5H2S/c1-11-57-40-19-18-33-23-35(40)36(44(57)34-16-12-20-50-42(34)31(4)63-10)25-49(5,6)29-64-47(61)37-17-14-22-58(53-37)46(60)38(24-41-51-39(33)28-65-41)52-45(59)43(30(2)3)55(9)48(62)56-21-13-15-32(27-56)26-54(7)8;;;;;/h12,16,18-20,23,28,30-32,37-38,43,53H,11,13-15,17,21-22,24-27,29H2,1-10H3,(H,52,59);5*1H2/t31-,32-,37-,38-,43-;;;;;/m0...../s1. The van der Waals surface area contributed by atoms with E-state index < -0.39 is 35.4 Å². The van der Waals surface area contributed by atoms with Crippen LogP contribution in [-0.4, -0.2) is 137 Å². The highest BCUT2D eigenvalue weighted by atomic mass is 32.1. The van der Waals surface area contributed by atoms with Crippen LogP contribution in [0.15, 0.2) is 41.9 Å². The summed E-state index contributed by atoms with van der Waals surface area (Å²) in [5.41, 5.74) is 9.42. The third-order valence-electron chi connectivity index (χ3n) is 13.2. The highest BCUT2D eigenvalue weighted by Gasteiger charge is 2.39. The van der Waals surface area contributed by atoms with Gasteiger partial charge in [-0.2, -0.15) is 67.5 Å². The minimum Gasteiger partial charge on any atom is -0.464 e. The van der Waals surface area contributed by atoms with E-state index in [0.29, 0.717) is 56.4 Å². The number of likely N-dealkylation sites (N-methyl/N-ethyl adjacent to an activating group) is 1. The number of rotatable bonds is 10. The summed E-state index contributed by atoms with van der Waals surface area (Å²) >= 11 is 1.44.